The van der Waals surface area contributed by atoms with Gasteiger partial charge in [-0.3, -0.25) is 0 Å². The van der Waals surface area contributed by atoms with Crippen LogP contribution >= 0.6 is 12.2 Å². The Labute approximate surface area is 188 Å². The summed E-state index contributed by atoms with van der Waals surface area (Å²) in [5.74, 6) is 2.42. The molecule has 6 nitrogen and oxygen atoms in total. The van der Waals surface area contributed by atoms with E-state index in [2.05, 4.69) is 33.1 Å². The molecule has 0 spiro atoms. The van der Waals surface area contributed by atoms with Crippen LogP contribution in [0.5, 0.6) is 17.2 Å². The molecular weight excluding hydrogens is 410 g/mol. The zero-order valence-electron chi connectivity index (χ0n) is 18.0. The van der Waals surface area contributed by atoms with Crippen LogP contribution in [0.2, 0.25) is 0 Å². The molecule has 1 aliphatic rings. The van der Waals surface area contributed by atoms with Crippen LogP contribution in [0.25, 0.3) is 0 Å². The highest BCUT2D eigenvalue weighted by molar-refractivity contribution is 7.80. The number of anilines is 1. The summed E-state index contributed by atoms with van der Waals surface area (Å²) in [6, 6.07) is 17.8. The van der Waals surface area contributed by atoms with Gasteiger partial charge in [-0.05, 0) is 73.7 Å². The van der Waals surface area contributed by atoms with Crippen LogP contribution in [0.3, 0.4) is 0 Å². The number of ether oxygens (including phenoxy) is 3. The smallest absolute Gasteiger partial charge is 0.174 e. The summed E-state index contributed by atoms with van der Waals surface area (Å²) in [6.45, 7) is 4.24. The van der Waals surface area contributed by atoms with Gasteiger partial charge in [-0.1, -0.05) is 0 Å². The number of nitrogens with one attached hydrogen (secondary N) is 1. The van der Waals surface area contributed by atoms with Crippen molar-refractivity contribution < 1.29 is 14.2 Å². The molecule has 162 valence electrons. The van der Waals surface area contributed by atoms with Gasteiger partial charge in [0.05, 0.1) is 20.8 Å². The maximum atomic E-state index is 5.86. The van der Waals surface area contributed by atoms with E-state index in [4.69, 9.17) is 26.4 Å². The molecule has 0 fully saturated rings. The fourth-order valence-electron chi connectivity index (χ4n) is 3.98. The van der Waals surface area contributed by atoms with Gasteiger partial charge in [0.15, 0.2) is 5.11 Å². The second-order valence-electron chi connectivity index (χ2n) is 7.22. The highest BCUT2D eigenvalue weighted by Gasteiger charge is 2.33. The van der Waals surface area contributed by atoms with Crippen LogP contribution in [-0.4, -0.2) is 42.0 Å². The number of fused-ring (bicyclic) bond motifs is 1. The maximum absolute atomic E-state index is 5.86. The Balaban J connectivity index is 1.67. The van der Waals surface area contributed by atoms with Gasteiger partial charge in [0.25, 0.3) is 0 Å². The van der Waals surface area contributed by atoms with E-state index in [1.807, 2.05) is 49.4 Å². The number of thiocarbonyl (C=S) groups is 1. The topological polar surface area (TPSA) is 47.9 Å². The number of benzene rings is 2. The van der Waals surface area contributed by atoms with E-state index in [-0.39, 0.29) is 6.04 Å². The summed E-state index contributed by atoms with van der Waals surface area (Å²) in [6.07, 6.45) is 2.11. The van der Waals surface area contributed by atoms with Gasteiger partial charge in [0.1, 0.15) is 23.3 Å². The summed E-state index contributed by atoms with van der Waals surface area (Å²) in [5, 5.41) is 4.05. The molecule has 1 aliphatic heterocycles. The third-order valence-corrected chi connectivity index (χ3v) is 5.78. The van der Waals surface area contributed by atoms with E-state index in [1.54, 1.807) is 14.2 Å². The maximum Gasteiger partial charge on any atom is 0.174 e. The Kier molecular flexibility index (Phi) is 6.32. The molecule has 1 atom stereocenters. The molecule has 4 rings (SSSR count). The number of hydrogen-bond acceptors (Lipinski definition) is 4. The molecule has 1 N–H and O–H groups in total. The van der Waals surface area contributed by atoms with Crippen molar-refractivity contribution in [3.63, 3.8) is 0 Å². The molecule has 2 aromatic carbocycles. The van der Waals surface area contributed by atoms with E-state index in [0.29, 0.717) is 11.7 Å². The van der Waals surface area contributed by atoms with Gasteiger partial charge in [0, 0.05) is 36.2 Å². The minimum atomic E-state index is -0.100. The first-order valence-corrected chi connectivity index (χ1v) is 10.7. The van der Waals surface area contributed by atoms with Crippen LogP contribution in [0.4, 0.5) is 5.69 Å². The Morgan fingerprint density at radius 1 is 1.03 bits per heavy atom. The van der Waals surface area contributed by atoms with E-state index >= 15 is 0 Å². The highest BCUT2D eigenvalue weighted by Crippen LogP contribution is 2.39. The summed E-state index contributed by atoms with van der Waals surface area (Å²) < 4.78 is 19.0. The van der Waals surface area contributed by atoms with Crippen LogP contribution in [0.15, 0.2) is 60.8 Å². The first-order valence-electron chi connectivity index (χ1n) is 10.3. The van der Waals surface area contributed by atoms with Crippen molar-refractivity contribution >= 4 is 23.0 Å². The average Bonchev–Trinajstić information content (AvgIpc) is 3.28. The molecule has 0 saturated heterocycles. The molecular formula is C24H27N3O3S. The van der Waals surface area contributed by atoms with Crippen molar-refractivity contribution in [2.75, 3.05) is 32.7 Å². The van der Waals surface area contributed by atoms with Gasteiger partial charge in [-0.2, -0.15) is 0 Å². The third-order valence-electron chi connectivity index (χ3n) is 5.45. The first kappa shape index (κ1) is 21.1. The monoisotopic (exact) mass is 437 g/mol. The van der Waals surface area contributed by atoms with Gasteiger partial charge < -0.3 is 29.0 Å². The molecule has 0 amide bonds. The van der Waals surface area contributed by atoms with Gasteiger partial charge >= 0.3 is 0 Å². The van der Waals surface area contributed by atoms with Gasteiger partial charge in [-0.15, -0.1) is 0 Å². The fraction of sp³-hybridized carbons (Fsp3) is 0.292. The summed E-state index contributed by atoms with van der Waals surface area (Å²) in [5.41, 5.74) is 3.09. The Bertz CT molecular complexity index is 1050. The SMILES string of the molecule is CCOc1ccc(NC(=S)N2CCn3cccc3[C@H]2c2cc(OC)ccc2OC)cc1. The molecule has 0 bridgehead atoms. The summed E-state index contributed by atoms with van der Waals surface area (Å²) in [4.78, 5) is 2.21. The number of aromatic nitrogens is 1. The quantitative estimate of drug-likeness (QED) is 0.564. The standard InChI is InChI=1S/C24H27N3O3S/c1-4-30-18-9-7-17(8-10-18)25-24(31)27-15-14-26-13-5-6-21(26)23(27)20-16-19(28-2)11-12-22(20)29-3/h5-13,16,23H,4,14-15H2,1-3H3,(H,25,31)/t23-/m1/s1. The van der Waals surface area contributed by atoms with Crippen LogP contribution < -0.4 is 19.5 Å². The lowest BCUT2D eigenvalue weighted by atomic mass is 9.99. The highest BCUT2D eigenvalue weighted by atomic mass is 32.1. The van der Waals surface area contributed by atoms with E-state index < -0.39 is 0 Å². The molecule has 7 heteroatoms. The first-order chi connectivity index (χ1) is 15.1. The molecule has 0 aliphatic carbocycles. The zero-order chi connectivity index (χ0) is 21.8. The molecule has 0 unspecified atom stereocenters. The minimum absolute atomic E-state index is 0.100. The van der Waals surface area contributed by atoms with Crippen molar-refractivity contribution in [1.82, 2.24) is 9.47 Å². The fourth-order valence-corrected chi connectivity index (χ4v) is 4.29. The van der Waals surface area contributed by atoms with Crippen LogP contribution in [0.1, 0.15) is 24.2 Å². The molecule has 0 radical (unpaired) electrons. The van der Waals surface area contributed by atoms with E-state index in [1.165, 1.54) is 0 Å². The lowest BCUT2D eigenvalue weighted by molar-refractivity contribution is 0.284. The second kappa shape index (κ2) is 9.31. The molecule has 1 aromatic heterocycles. The average molecular weight is 438 g/mol. The minimum Gasteiger partial charge on any atom is -0.497 e. The van der Waals surface area contributed by atoms with Crippen molar-refractivity contribution in [2.24, 2.45) is 0 Å². The predicted molar refractivity (Wildman–Crippen MR) is 126 cm³/mol. The number of methoxy groups -OCH3 is 2. The summed E-state index contributed by atoms with van der Waals surface area (Å²) in [7, 11) is 3.36. The van der Waals surface area contributed by atoms with E-state index in [9.17, 15) is 0 Å². The van der Waals surface area contributed by atoms with Crippen molar-refractivity contribution in [3.05, 3.63) is 72.1 Å². The lowest BCUT2D eigenvalue weighted by Gasteiger charge is -2.39. The predicted octanol–water partition coefficient (Wildman–Crippen LogP) is 4.71. The molecule has 31 heavy (non-hydrogen) atoms. The number of nitrogens with zero attached hydrogens (tertiary/aromatic N) is 2. The van der Waals surface area contributed by atoms with Crippen molar-refractivity contribution in [1.29, 1.82) is 0 Å². The van der Waals surface area contributed by atoms with Gasteiger partial charge in [0.2, 0.25) is 0 Å². The lowest BCUT2D eigenvalue weighted by Crippen LogP contribution is -2.44. The molecule has 2 heterocycles. The van der Waals surface area contributed by atoms with E-state index in [0.717, 1.165) is 47.3 Å². The molecule has 3 aromatic rings. The second-order valence-corrected chi connectivity index (χ2v) is 7.60. The Morgan fingerprint density at radius 3 is 2.52 bits per heavy atom. The largest absolute Gasteiger partial charge is 0.497 e. The zero-order valence-corrected chi connectivity index (χ0v) is 18.8. The van der Waals surface area contributed by atoms with Crippen molar-refractivity contribution in [3.8, 4) is 17.2 Å². The summed E-state index contributed by atoms with van der Waals surface area (Å²) >= 11 is 5.86. The van der Waals surface area contributed by atoms with Crippen LogP contribution in [-0.2, 0) is 6.54 Å². The Hall–Kier alpha value is -3.19. The number of rotatable bonds is 6. The normalized spacial score (nSPS) is 15.2. The Morgan fingerprint density at radius 2 is 1.81 bits per heavy atom. The van der Waals surface area contributed by atoms with Crippen LogP contribution in [0, 0.1) is 0 Å². The van der Waals surface area contributed by atoms with Gasteiger partial charge in [-0.25, -0.2) is 0 Å². The number of hydrogen-bond donors (Lipinski definition) is 1. The third kappa shape index (κ3) is 4.32. The molecule has 0 saturated carbocycles. The van der Waals surface area contributed by atoms with Crippen molar-refractivity contribution in [2.45, 2.75) is 19.5 Å².